The predicted molar refractivity (Wildman–Crippen MR) is 74.1 cm³/mol. The standard InChI is InChI=1S/C11H6BrN3O6/c12-10-4-3-9(21-10)11(16)13-7-2-1-6(14(17)18)5-8(7)15(19)20/h1-5H,(H,13,16). The molecule has 21 heavy (non-hydrogen) atoms. The smallest absolute Gasteiger partial charge is 0.299 e. The van der Waals surface area contributed by atoms with Gasteiger partial charge in [-0.15, -0.1) is 0 Å². The number of carbonyl (C=O) groups excluding carboxylic acids is 1. The molecule has 1 aromatic carbocycles. The Balaban J connectivity index is 2.33. The third-order valence-corrected chi connectivity index (χ3v) is 2.86. The lowest BCUT2D eigenvalue weighted by molar-refractivity contribution is -0.393. The number of furan rings is 1. The molecule has 2 rings (SSSR count). The zero-order valence-corrected chi connectivity index (χ0v) is 11.7. The predicted octanol–water partition coefficient (Wildman–Crippen LogP) is 3.11. The zero-order chi connectivity index (χ0) is 15.6. The summed E-state index contributed by atoms with van der Waals surface area (Å²) in [5.74, 6) is -0.771. The number of hydrogen-bond donors (Lipinski definition) is 1. The molecule has 0 aliphatic carbocycles. The summed E-state index contributed by atoms with van der Waals surface area (Å²) in [5, 5.41) is 23.8. The zero-order valence-electron chi connectivity index (χ0n) is 10.1. The number of halogens is 1. The molecule has 0 saturated carbocycles. The number of nitrogens with zero attached hydrogens (tertiary/aromatic N) is 2. The third kappa shape index (κ3) is 3.23. The lowest BCUT2D eigenvalue weighted by atomic mass is 10.2. The Bertz CT molecular complexity index is 741. The van der Waals surface area contributed by atoms with Crippen molar-refractivity contribution in [2.24, 2.45) is 0 Å². The fraction of sp³-hybridized carbons (Fsp3) is 0. The van der Waals surface area contributed by atoms with Crippen molar-refractivity contribution in [2.75, 3.05) is 5.32 Å². The summed E-state index contributed by atoms with van der Waals surface area (Å²) in [5.41, 5.74) is -1.19. The average Bonchev–Trinajstić information content (AvgIpc) is 2.85. The van der Waals surface area contributed by atoms with Gasteiger partial charge in [0.15, 0.2) is 10.4 Å². The number of nitro groups is 2. The van der Waals surface area contributed by atoms with Crippen molar-refractivity contribution in [3.8, 4) is 0 Å². The number of carbonyl (C=O) groups is 1. The van der Waals surface area contributed by atoms with Crippen LogP contribution in [0, 0.1) is 20.2 Å². The molecule has 10 heteroatoms. The van der Waals surface area contributed by atoms with Crippen LogP contribution in [0.1, 0.15) is 10.6 Å². The van der Waals surface area contributed by atoms with Gasteiger partial charge in [-0.25, -0.2) is 0 Å². The van der Waals surface area contributed by atoms with Crippen molar-refractivity contribution in [1.29, 1.82) is 0 Å². The second-order valence-electron chi connectivity index (χ2n) is 3.77. The fourth-order valence-corrected chi connectivity index (χ4v) is 1.82. The molecule has 1 N–H and O–H groups in total. The number of hydrogen-bond acceptors (Lipinski definition) is 6. The van der Waals surface area contributed by atoms with E-state index >= 15 is 0 Å². The van der Waals surface area contributed by atoms with E-state index in [0.717, 1.165) is 18.2 Å². The van der Waals surface area contributed by atoms with E-state index in [9.17, 15) is 25.0 Å². The number of anilines is 1. The van der Waals surface area contributed by atoms with Crippen molar-refractivity contribution < 1.29 is 19.1 Å². The minimum Gasteiger partial charge on any atom is -0.444 e. The molecular formula is C11H6BrN3O6. The molecule has 9 nitrogen and oxygen atoms in total. The molecule has 0 atom stereocenters. The largest absolute Gasteiger partial charge is 0.444 e. The highest BCUT2D eigenvalue weighted by Crippen LogP contribution is 2.29. The summed E-state index contributed by atoms with van der Waals surface area (Å²) in [6.07, 6.45) is 0. The molecule has 108 valence electrons. The molecule has 1 amide bonds. The first kappa shape index (κ1) is 14.7. The van der Waals surface area contributed by atoms with Gasteiger partial charge in [-0.1, -0.05) is 0 Å². The SMILES string of the molecule is O=C(Nc1ccc([N+](=O)[O-])cc1[N+](=O)[O-])c1ccc(Br)o1. The molecule has 0 bridgehead atoms. The normalized spacial score (nSPS) is 10.1. The van der Waals surface area contributed by atoms with E-state index in [1.807, 2.05) is 0 Å². The van der Waals surface area contributed by atoms with Crippen molar-refractivity contribution in [3.63, 3.8) is 0 Å². The number of benzene rings is 1. The van der Waals surface area contributed by atoms with Crippen molar-refractivity contribution in [2.45, 2.75) is 0 Å². The summed E-state index contributed by atoms with van der Waals surface area (Å²) in [7, 11) is 0. The van der Waals surface area contributed by atoms with Gasteiger partial charge in [0.1, 0.15) is 5.69 Å². The van der Waals surface area contributed by atoms with E-state index in [2.05, 4.69) is 21.2 Å². The lowest BCUT2D eigenvalue weighted by Crippen LogP contribution is -2.12. The van der Waals surface area contributed by atoms with E-state index in [1.165, 1.54) is 12.1 Å². The van der Waals surface area contributed by atoms with E-state index in [4.69, 9.17) is 4.42 Å². The molecular weight excluding hydrogens is 350 g/mol. The van der Waals surface area contributed by atoms with Gasteiger partial charge >= 0.3 is 0 Å². The van der Waals surface area contributed by atoms with Crippen LogP contribution in [0.5, 0.6) is 0 Å². The highest BCUT2D eigenvalue weighted by atomic mass is 79.9. The van der Waals surface area contributed by atoms with E-state index in [1.54, 1.807) is 0 Å². The molecule has 1 aromatic heterocycles. The molecule has 0 saturated heterocycles. The average molecular weight is 356 g/mol. The summed E-state index contributed by atoms with van der Waals surface area (Å²) in [4.78, 5) is 31.8. The summed E-state index contributed by atoms with van der Waals surface area (Å²) in [6.45, 7) is 0. The van der Waals surface area contributed by atoms with Crippen molar-refractivity contribution in [3.05, 3.63) is 61.0 Å². The maximum atomic E-state index is 11.8. The van der Waals surface area contributed by atoms with Crippen molar-refractivity contribution >= 4 is 38.9 Å². The number of nitro benzene ring substituents is 2. The minimum absolute atomic E-state index is 0.0606. The van der Waals surface area contributed by atoms with Crippen LogP contribution in [0.25, 0.3) is 0 Å². The Hall–Kier alpha value is -2.75. The first-order chi connectivity index (χ1) is 9.88. The number of amides is 1. The Morgan fingerprint density at radius 1 is 1.14 bits per heavy atom. The first-order valence-electron chi connectivity index (χ1n) is 5.38. The maximum Gasteiger partial charge on any atom is 0.299 e. The van der Waals surface area contributed by atoms with Crippen LogP contribution in [0.4, 0.5) is 17.1 Å². The van der Waals surface area contributed by atoms with Gasteiger partial charge in [0.2, 0.25) is 0 Å². The highest BCUT2D eigenvalue weighted by molar-refractivity contribution is 9.10. The Morgan fingerprint density at radius 3 is 2.38 bits per heavy atom. The molecule has 0 aliphatic heterocycles. The van der Waals surface area contributed by atoms with E-state index < -0.39 is 27.1 Å². The second kappa shape index (κ2) is 5.71. The molecule has 0 spiro atoms. The highest BCUT2D eigenvalue weighted by Gasteiger charge is 2.22. The van der Waals surface area contributed by atoms with E-state index in [0.29, 0.717) is 4.67 Å². The molecule has 0 aliphatic rings. The van der Waals surface area contributed by atoms with Gasteiger partial charge in [-0.3, -0.25) is 25.0 Å². The quantitative estimate of drug-likeness (QED) is 0.662. The maximum absolute atomic E-state index is 11.8. The Morgan fingerprint density at radius 2 is 1.86 bits per heavy atom. The number of rotatable bonds is 4. The minimum atomic E-state index is -0.819. The van der Waals surface area contributed by atoms with Gasteiger partial charge in [-0.05, 0) is 34.1 Å². The van der Waals surface area contributed by atoms with Gasteiger partial charge in [-0.2, -0.15) is 0 Å². The summed E-state index contributed by atoms with van der Waals surface area (Å²) >= 11 is 3.02. The molecule has 2 aromatic rings. The number of non-ortho nitro benzene ring substituents is 1. The van der Waals surface area contributed by atoms with Crippen LogP contribution < -0.4 is 5.32 Å². The molecule has 0 fully saturated rings. The Labute approximate surface area is 125 Å². The lowest BCUT2D eigenvalue weighted by Gasteiger charge is -2.04. The third-order valence-electron chi connectivity index (χ3n) is 2.43. The van der Waals surface area contributed by atoms with Crippen LogP contribution in [0.2, 0.25) is 0 Å². The monoisotopic (exact) mass is 355 g/mol. The van der Waals surface area contributed by atoms with Crippen molar-refractivity contribution in [1.82, 2.24) is 0 Å². The second-order valence-corrected chi connectivity index (χ2v) is 4.56. The van der Waals surface area contributed by atoms with Crippen LogP contribution >= 0.6 is 15.9 Å². The summed E-state index contributed by atoms with van der Waals surface area (Å²) in [6, 6.07) is 5.77. The van der Waals surface area contributed by atoms with Crippen LogP contribution in [0.3, 0.4) is 0 Å². The van der Waals surface area contributed by atoms with Gasteiger partial charge < -0.3 is 9.73 Å². The first-order valence-corrected chi connectivity index (χ1v) is 6.17. The fourth-order valence-electron chi connectivity index (χ4n) is 1.51. The topological polar surface area (TPSA) is 129 Å². The van der Waals surface area contributed by atoms with E-state index in [-0.39, 0.29) is 11.4 Å². The van der Waals surface area contributed by atoms with Gasteiger partial charge in [0, 0.05) is 6.07 Å². The summed E-state index contributed by atoms with van der Waals surface area (Å²) < 4.78 is 5.33. The van der Waals surface area contributed by atoms with Gasteiger partial charge in [0.25, 0.3) is 17.3 Å². The molecule has 1 heterocycles. The van der Waals surface area contributed by atoms with Crippen LogP contribution in [-0.2, 0) is 0 Å². The van der Waals surface area contributed by atoms with Gasteiger partial charge in [0.05, 0.1) is 15.9 Å². The molecule has 0 radical (unpaired) electrons. The molecule has 0 unspecified atom stereocenters. The number of nitrogens with one attached hydrogen (secondary N) is 1. The Kier molecular flexibility index (Phi) is 3.98. The van der Waals surface area contributed by atoms with Crippen LogP contribution in [-0.4, -0.2) is 15.8 Å². The van der Waals surface area contributed by atoms with Crippen LogP contribution in [0.15, 0.2) is 39.4 Å².